The van der Waals surface area contributed by atoms with E-state index in [1.807, 2.05) is 0 Å². The number of ether oxygens (including phenoxy) is 3. The maximum Gasteiger partial charge on any atom is 0.337 e. The number of Topliss-reactive ketones (excluding diaryl/α,β-unsaturated/α-hetero) is 1. The molecule has 0 radical (unpaired) electrons. The highest BCUT2D eigenvalue weighted by molar-refractivity contribution is 6.03. The quantitative estimate of drug-likeness (QED) is 0.412. The molecule has 1 aromatic carbocycles. The SMILES string of the molecule is COC(=O)c1ccc([C@@H]2[C@H](C(=O)OC(C)C)C(=O)C[C@@](C)(O)[C@H]2C(=O)OC(C)C)cc1. The molecule has 2 rings (SSSR count). The Bertz CT molecular complexity index is 830. The van der Waals surface area contributed by atoms with Crippen molar-refractivity contribution in [1.82, 2.24) is 0 Å². The lowest BCUT2D eigenvalue weighted by Crippen LogP contribution is -2.55. The first kappa shape index (κ1) is 24.5. The van der Waals surface area contributed by atoms with Crippen LogP contribution in [0.2, 0.25) is 0 Å². The van der Waals surface area contributed by atoms with Crippen LogP contribution in [0, 0.1) is 11.8 Å². The standard InChI is InChI=1S/C23H30O8/c1-12(2)30-21(26)18-16(24)11-23(5,28)19(22(27)31-13(3)4)17(18)14-7-9-15(10-8-14)20(25)29-6/h7-10,12-13,17-19,28H,11H2,1-6H3/t17-,18-,19-,23-/m1/s1. The van der Waals surface area contributed by atoms with Gasteiger partial charge in [-0.15, -0.1) is 0 Å². The van der Waals surface area contributed by atoms with Crippen LogP contribution in [0.4, 0.5) is 0 Å². The highest BCUT2D eigenvalue weighted by Crippen LogP contribution is 2.47. The third-order valence-corrected chi connectivity index (χ3v) is 5.20. The molecule has 1 aliphatic carbocycles. The van der Waals surface area contributed by atoms with Crippen LogP contribution in [0.3, 0.4) is 0 Å². The van der Waals surface area contributed by atoms with Gasteiger partial charge in [-0.05, 0) is 52.3 Å². The molecule has 0 aliphatic heterocycles. The summed E-state index contributed by atoms with van der Waals surface area (Å²) in [5.41, 5.74) is -1.04. The molecule has 0 spiro atoms. The van der Waals surface area contributed by atoms with Gasteiger partial charge in [0, 0.05) is 12.3 Å². The summed E-state index contributed by atoms with van der Waals surface area (Å²) in [7, 11) is 1.25. The molecule has 4 atom stereocenters. The fourth-order valence-electron chi connectivity index (χ4n) is 3.99. The number of ketones is 1. The van der Waals surface area contributed by atoms with Crippen LogP contribution in [-0.4, -0.2) is 53.7 Å². The smallest absolute Gasteiger partial charge is 0.337 e. The molecule has 0 bridgehead atoms. The Balaban J connectivity index is 2.61. The Morgan fingerprint density at radius 3 is 2.00 bits per heavy atom. The molecule has 8 nitrogen and oxygen atoms in total. The molecular formula is C23H30O8. The van der Waals surface area contributed by atoms with E-state index in [1.54, 1.807) is 27.7 Å². The molecular weight excluding hydrogens is 404 g/mol. The molecule has 0 heterocycles. The summed E-state index contributed by atoms with van der Waals surface area (Å²) >= 11 is 0. The van der Waals surface area contributed by atoms with Gasteiger partial charge in [0.15, 0.2) is 5.78 Å². The number of aliphatic hydroxyl groups is 1. The number of carbonyl (C=O) groups is 4. The van der Waals surface area contributed by atoms with Gasteiger partial charge >= 0.3 is 17.9 Å². The van der Waals surface area contributed by atoms with Crippen molar-refractivity contribution in [2.75, 3.05) is 7.11 Å². The van der Waals surface area contributed by atoms with Gasteiger partial charge in [-0.3, -0.25) is 14.4 Å². The highest BCUT2D eigenvalue weighted by Gasteiger charge is 2.57. The molecule has 170 valence electrons. The second kappa shape index (κ2) is 9.60. The number of hydrogen-bond donors (Lipinski definition) is 1. The van der Waals surface area contributed by atoms with Crippen molar-refractivity contribution in [3.05, 3.63) is 35.4 Å². The zero-order valence-corrected chi connectivity index (χ0v) is 18.7. The molecule has 0 saturated heterocycles. The third-order valence-electron chi connectivity index (χ3n) is 5.20. The van der Waals surface area contributed by atoms with Crippen LogP contribution in [0.5, 0.6) is 0 Å². The Kier molecular flexibility index (Phi) is 7.59. The summed E-state index contributed by atoms with van der Waals surface area (Å²) in [6.45, 7) is 8.05. The minimum atomic E-state index is -1.73. The lowest BCUT2D eigenvalue weighted by molar-refractivity contribution is -0.176. The van der Waals surface area contributed by atoms with Crippen molar-refractivity contribution >= 4 is 23.7 Å². The van der Waals surface area contributed by atoms with Gasteiger partial charge in [-0.1, -0.05) is 12.1 Å². The molecule has 1 aromatic rings. The monoisotopic (exact) mass is 434 g/mol. The fraction of sp³-hybridized carbons (Fsp3) is 0.565. The van der Waals surface area contributed by atoms with E-state index in [2.05, 4.69) is 0 Å². The van der Waals surface area contributed by atoms with E-state index in [0.717, 1.165) is 0 Å². The van der Waals surface area contributed by atoms with E-state index in [-0.39, 0.29) is 12.0 Å². The summed E-state index contributed by atoms with van der Waals surface area (Å²) in [6.07, 6.45) is -1.31. The molecule has 8 heteroatoms. The topological polar surface area (TPSA) is 116 Å². The molecule has 0 amide bonds. The molecule has 1 N–H and O–H groups in total. The van der Waals surface area contributed by atoms with Crippen LogP contribution < -0.4 is 0 Å². The van der Waals surface area contributed by atoms with Gasteiger partial charge < -0.3 is 19.3 Å². The van der Waals surface area contributed by atoms with Gasteiger partial charge in [0.1, 0.15) is 5.92 Å². The molecule has 1 saturated carbocycles. The van der Waals surface area contributed by atoms with Crippen molar-refractivity contribution in [3.8, 4) is 0 Å². The number of benzene rings is 1. The lowest BCUT2D eigenvalue weighted by Gasteiger charge is -2.44. The molecule has 1 fully saturated rings. The third kappa shape index (κ3) is 5.50. The molecule has 0 aromatic heterocycles. The number of hydrogen-bond acceptors (Lipinski definition) is 8. The van der Waals surface area contributed by atoms with Crippen LogP contribution in [0.1, 0.15) is 62.9 Å². The number of methoxy groups -OCH3 is 1. The van der Waals surface area contributed by atoms with E-state index in [0.29, 0.717) is 5.56 Å². The average Bonchev–Trinajstić information content (AvgIpc) is 2.64. The number of carbonyl (C=O) groups excluding carboxylic acids is 4. The Morgan fingerprint density at radius 1 is 1.00 bits per heavy atom. The second-order valence-electron chi connectivity index (χ2n) is 8.57. The summed E-state index contributed by atoms with van der Waals surface area (Å²) in [4.78, 5) is 50.6. The number of rotatable bonds is 6. The Hall–Kier alpha value is -2.74. The predicted molar refractivity (Wildman–Crippen MR) is 110 cm³/mol. The maximum absolute atomic E-state index is 13.0. The maximum atomic E-state index is 13.0. The van der Waals surface area contributed by atoms with E-state index < -0.39 is 59.3 Å². The van der Waals surface area contributed by atoms with Gasteiger partial charge in [-0.25, -0.2) is 4.79 Å². The number of esters is 3. The Morgan fingerprint density at radius 2 is 1.52 bits per heavy atom. The molecule has 0 unspecified atom stereocenters. The zero-order valence-electron chi connectivity index (χ0n) is 18.7. The first-order chi connectivity index (χ1) is 14.4. The van der Waals surface area contributed by atoms with E-state index in [1.165, 1.54) is 38.3 Å². The van der Waals surface area contributed by atoms with Crippen LogP contribution in [0.15, 0.2) is 24.3 Å². The second-order valence-corrected chi connectivity index (χ2v) is 8.57. The highest BCUT2D eigenvalue weighted by atomic mass is 16.5. The minimum absolute atomic E-state index is 0.266. The van der Waals surface area contributed by atoms with Crippen LogP contribution >= 0.6 is 0 Å². The average molecular weight is 434 g/mol. The predicted octanol–water partition coefficient (Wildman–Crippen LogP) is 2.42. The first-order valence-corrected chi connectivity index (χ1v) is 10.2. The van der Waals surface area contributed by atoms with Crippen molar-refractivity contribution in [1.29, 1.82) is 0 Å². The van der Waals surface area contributed by atoms with Gasteiger partial charge in [-0.2, -0.15) is 0 Å². The summed E-state index contributed by atoms with van der Waals surface area (Å²) < 4.78 is 15.4. The molecule has 31 heavy (non-hydrogen) atoms. The molecule has 1 aliphatic rings. The summed E-state index contributed by atoms with van der Waals surface area (Å²) in [5.74, 6) is -6.06. The van der Waals surface area contributed by atoms with E-state index >= 15 is 0 Å². The Labute approximate surface area is 181 Å². The fourth-order valence-corrected chi connectivity index (χ4v) is 3.99. The van der Waals surface area contributed by atoms with Crippen molar-refractivity contribution in [2.45, 2.75) is 64.8 Å². The van der Waals surface area contributed by atoms with E-state index in [4.69, 9.17) is 14.2 Å². The normalized spacial score (nSPS) is 26.0. The van der Waals surface area contributed by atoms with Crippen LogP contribution in [-0.2, 0) is 28.6 Å². The van der Waals surface area contributed by atoms with Crippen molar-refractivity contribution in [3.63, 3.8) is 0 Å². The lowest BCUT2D eigenvalue weighted by atomic mass is 9.61. The van der Waals surface area contributed by atoms with Crippen molar-refractivity contribution < 1.29 is 38.5 Å². The first-order valence-electron chi connectivity index (χ1n) is 10.2. The van der Waals surface area contributed by atoms with Gasteiger partial charge in [0.25, 0.3) is 0 Å². The zero-order chi connectivity index (χ0) is 23.5. The van der Waals surface area contributed by atoms with Gasteiger partial charge in [0.2, 0.25) is 0 Å². The summed E-state index contributed by atoms with van der Waals surface area (Å²) in [5, 5.41) is 11.0. The van der Waals surface area contributed by atoms with Crippen molar-refractivity contribution in [2.24, 2.45) is 11.8 Å². The largest absolute Gasteiger partial charge is 0.465 e. The summed E-state index contributed by atoms with van der Waals surface area (Å²) in [6, 6.07) is 6.03. The minimum Gasteiger partial charge on any atom is -0.465 e. The van der Waals surface area contributed by atoms with E-state index in [9.17, 15) is 24.3 Å². The van der Waals surface area contributed by atoms with Gasteiger partial charge in [0.05, 0.1) is 36.4 Å². The van der Waals surface area contributed by atoms with Crippen LogP contribution in [0.25, 0.3) is 0 Å².